The zero-order valence-electron chi connectivity index (χ0n) is 64.3. The summed E-state index contributed by atoms with van der Waals surface area (Å²) in [4.78, 5) is 73.0. The van der Waals surface area contributed by atoms with Crippen LogP contribution in [-0.2, 0) is 65.4 Å². The second kappa shape index (κ2) is 75.0. The molecule has 0 heterocycles. The van der Waals surface area contributed by atoms with Gasteiger partial charge in [-0.3, -0.25) is 37.3 Å². The maximum atomic E-state index is 13.1. The zero-order chi connectivity index (χ0) is 74.6. The van der Waals surface area contributed by atoms with Crippen molar-refractivity contribution in [3.8, 4) is 0 Å². The summed E-state index contributed by atoms with van der Waals surface area (Å²) < 4.78 is 68.5. The van der Waals surface area contributed by atoms with E-state index in [0.29, 0.717) is 32.1 Å². The second-order valence-corrected chi connectivity index (χ2v) is 29.5. The molecule has 0 bridgehead atoms. The van der Waals surface area contributed by atoms with Crippen LogP contribution in [0.15, 0.2) is 109 Å². The van der Waals surface area contributed by atoms with E-state index in [1.165, 1.54) is 89.9 Å². The lowest BCUT2D eigenvalue weighted by Gasteiger charge is -2.21. The first-order chi connectivity index (χ1) is 49.7. The van der Waals surface area contributed by atoms with Gasteiger partial charge in [0.1, 0.15) is 19.3 Å². The summed E-state index contributed by atoms with van der Waals surface area (Å²) in [6.07, 6.45) is 80.8. The first-order valence-electron chi connectivity index (χ1n) is 40.1. The highest BCUT2D eigenvalue weighted by molar-refractivity contribution is 7.47. The van der Waals surface area contributed by atoms with Crippen molar-refractivity contribution < 1.29 is 80.2 Å². The van der Waals surface area contributed by atoms with Crippen molar-refractivity contribution in [1.29, 1.82) is 0 Å². The van der Waals surface area contributed by atoms with Crippen molar-refractivity contribution >= 4 is 39.5 Å². The summed E-state index contributed by atoms with van der Waals surface area (Å²) in [6, 6.07) is 0. The number of hydrogen-bond donors (Lipinski definition) is 3. The summed E-state index contributed by atoms with van der Waals surface area (Å²) in [6.45, 7) is 4.65. The second-order valence-electron chi connectivity index (χ2n) is 26.6. The number of unbranched alkanes of at least 4 members (excludes halogenated alkanes) is 31. The molecule has 3 N–H and O–H groups in total. The number of esters is 4. The molecule has 0 amide bonds. The summed E-state index contributed by atoms with van der Waals surface area (Å²) in [7, 11) is -9.98. The summed E-state index contributed by atoms with van der Waals surface area (Å²) in [5, 5.41) is 10.6. The van der Waals surface area contributed by atoms with Crippen molar-refractivity contribution in [1.82, 2.24) is 0 Å². The van der Waals surface area contributed by atoms with Crippen molar-refractivity contribution in [3.05, 3.63) is 109 Å². The Morgan fingerprint density at radius 3 is 0.853 bits per heavy atom. The molecule has 2 unspecified atom stereocenters. The van der Waals surface area contributed by atoms with Crippen molar-refractivity contribution in [3.63, 3.8) is 0 Å². The standard InChI is InChI=1S/C83H144O17P2/c1-5-9-13-17-21-25-29-33-36-37-38-39-42-46-50-54-58-62-66-70-83(88)100-79(74-94-81(86)68-64-60-56-52-48-44-40-34-30-26-22-18-14-10-6-2)76-98-102(91,92)96-72-77(84)71-95-101(89,90)97-75-78(73-93-80(85)67-63-59-55-51-47-43-32-28-24-20-16-12-8-4)99-82(87)69-65-61-57-53-49-45-41-35-31-27-23-19-15-11-7-3/h9,13,21,25,27-28,31-34,36,38-40,46,50,58,62,77-79,84H,5-8,10-12,14-20,22-24,26,29-30,35,37,41-45,47-49,51-57,59-61,63-76H2,1-4H3,(H,89,90)(H,91,92)/b13-9-,25-21-,31-27-,32-28-,36-33-,39-38-,40-34-,50-46-,62-58-/t77-,78+,79+/m0/s1. The molecule has 19 heteroatoms. The smallest absolute Gasteiger partial charge is 0.462 e. The molecular weight excluding hydrogens is 1330 g/mol. The van der Waals surface area contributed by atoms with Gasteiger partial charge in [-0.1, -0.05) is 278 Å². The van der Waals surface area contributed by atoms with Gasteiger partial charge in [0.25, 0.3) is 0 Å². The van der Waals surface area contributed by atoms with E-state index in [-0.39, 0.29) is 25.7 Å². The number of aliphatic hydroxyl groups is 1. The van der Waals surface area contributed by atoms with Crippen molar-refractivity contribution in [2.24, 2.45) is 0 Å². The third-order valence-corrected chi connectivity index (χ3v) is 18.6. The molecule has 0 aromatic rings. The van der Waals surface area contributed by atoms with Crippen LogP contribution in [0.2, 0.25) is 0 Å². The highest BCUT2D eigenvalue weighted by Gasteiger charge is 2.30. The van der Waals surface area contributed by atoms with Gasteiger partial charge in [0.2, 0.25) is 0 Å². The highest BCUT2D eigenvalue weighted by Crippen LogP contribution is 2.45. The molecule has 0 saturated carbocycles. The Morgan fingerprint density at radius 1 is 0.284 bits per heavy atom. The van der Waals surface area contributed by atoms with Crippen LogP contribution in [0.3, 0.4) is 0 Å². The molecule has 0 aliphatic rings. The molecule has 5 atom stereocenters. The average Bonchev–Trinajstić information content (AvgIpc) is 1.21. The van der Waals surface area contributed by atoms with E-state index >= 15 is 0 Å². The van der Waals surface area contributed by atoms with Gasteiger partial charge in [-0.25, -0.2) is 9.13 Å². The van der Waals surface area contributed by atoms with Gasteiger partial charge < -0.3 is 33.8 Å². The van der Waals surface area contributed by atoms with Crippen LogP contribution in [0.4, 0.5) is 0 Å². The number of carbonyl (C=O) groups is 4. The lowest BCUT2D eigenvalue weighted by Crippen LogP contribution is -2.30. The van der Waals surface area contributed by atoms with Gasteiger partial charge in [-0.05, 0) is 141 Å². The van der Waals surface area contributed by atoms with E-state index in [1.54, 1.807) is 0 Å². The maximum Gasteiger partial charge on any atom is 0.472 e. The van der Waals surface area contributed by atoms with Crippen LogP contribution < -0.4 is 0 Å². The molecule has 0 spiro atoms. The Balaban J connectivity index is 5.43. The van der Waals surface area contributed by atoms with Crippen LogP contribution in [0.25, 0.3) is 0 Å². The van der Waals surface area contributed by atoms with Gasteiger partial charge in [0, 0.05) is 25.7 Å². The Bertz CT molecular complexity index is 2360. The van der Waals surface area contributed by atoms with E-state index in [1.807, 2.05) is 18.2 Å². The Hall–Kier alpha value is -4.28. The van der Waals surface area contributed by atoms with Gasteiger partial charge in [-0.15, -0.1) is 0 Å². The number of hydrogen-bond acceptors (Lipinski definition) is 15. The van der Waals surface area contributed by atoms with Crippen LogP contribution in [0.1, 0.15) is 336 Å². The molecule has 0 saturated heterocycles. The van der Waals surface area contributed by atoms with E-state index in [0.717, 1.165) is 161 Å². The first kappa shape index (κ1) is 97.7. The van der Waals surface area contributed by atoms with Crippen LogP contribution in [-0.4, -0.2) is 96.7 Å². The molecule has 0 aliphatic heterocycles. The molecule has 0 radical (unpaired) electrons. The Kier molecular flexibility index (Phi) is 71.8. The number of ether oxygens (including phenoxy) is 4. The zero-order valence-corrected chi connectivity index (χ0v) is 66.0. The molecule has 0 fully saturated rings. The number of aliphatic hydroxyl groups excluding tert-OH is 1. The van der Waals surface area contributed by atoms with Gasteiger partial charge in [0.05, 0.1) is 26.4 Å². The van der Waals surface area contributed by atoms with Gasteiger partial charge in [-0.2, -0.15) is 0 Å². The van der Waals surface area contributed by atoms with Crippen molar-refractivity contribution in [2.45, 2.75) is 354 Å². The molecule has 0 aromatic heterocycles. The monoisotopic (exact) mass is 1470 g/mol. The SMILES string of the molecule is CC/C=C\C/C=C\C/C=C\C/C=C\C/C=C\C/C=C\CCC(=O)O[C@H](COC(=O)CCCCCCC/C=C\CCCCCCCC)COP(=O)(O)OC[C@@H](O)COP(=O)(O)OC[C@@H](COC(=O)CCCCCCC/C=C\CCCCCC)OC(=O)CCCCCCCCC/C=C\CCCCCC. The van der Waals surface area contributed by atoms with Crippen molar-refractivity contribution in [2.75, 3.05) is 39.6 Å². The number of phosphoric acid groups is 2. The van der Waals surface area contributed by atoms with E-state index < -0.39 is 97.5 Å². The summed E-state index contributed by atoms with van der Waals surface area (Å²) in [5.41, 5.74) is 0. The quantitative estimate of drug-likeness (QED) is 0.0169. The minimum atomic E-state index is -5.00. The topological polar surface area (TPSA) is 237 Å². The lowest BCUT2D eigenvalue weighted by molar-refractivity contribution is -0.161. The minimum Gasteiger partial charge on any atom is -0.462 e. The fourth-order valence-corrected chi connectivity index (χ4v) is 12.2. The third kappa shape index (κ3) is 74.0. The van der Waals surface area contributed by atoms with Crippen LogP contribution in [0.5, 0.6) is 0 Å². The van der Waals surface area contributed by atoms with Crippen LogP contribution in [0, 0.1) is 0 Å². The van der Waals surface area contributed by atoms with Gasteiger partial charge in [0.15, 0.2) is 12.2 Å². The molecule has 102 heavy (non-hydrogen) atoms. The maximum absolute atomic E-state index is 13.1. The van der Waals surface area contributed by atoms with E-state index in [9.17, 15) is 43.2 Å². The fourth-order valence-electron chi connectivity index (χ4n) is 10.6. The molecule has 0 aliphatic carbocycles. The predicted octanol–water partition coefficient (Wildman–Crippen LogP) is 23.3. The molecule has 588 valence electrons. The first-order valence-corrected chi connectivity index (χ1v) is 43.1. The molecule has 0 rings (SSSR count). The lowest BCUT2D eigenvalue weighted by atomic mass is 10.1. The predicted molar refractivity (Wildman–Crippen MR) is 418 cm³/mol. The van der Waals surface area contributed by atoms with E-state index in [2.05, 4.69) is 119 Å². The number of rotatable bonds is 75. The third-order valence-electron chi connectivity index (χ3n) is 16.7. The van der Waals surface area contributed by atoms with Crippen LogP contribution >= 0.6 is 15.6 Å². The fraction of sp³-hybridized carbons (Fsp3) is 0.735. The van der Waals surface area contributed by atoms with Gasteiger partial charge >= 0.3 is 39.5 Å². The molecule has 17 nitrogen and oxygen atoms in total. The molecular formula is C83H144O17P2. The number of allylic oxidation sites excluding steroid dienone is 18. The average molecular weight is 1480 g/mol. The summed E-state index contributed by atoms with van der Waals surface area (Å²) in [5.74, 6) is -2.28. The largest absolute Gasteiger partial charge is 0.472 e. The Labute approximate surface area is 619 Å². The number of carbonyl (C=O) groups excluding carboxylic acids is 4. The summed E-state index contributed by atoms with van der Waals surface area (Å²) >= 11 is 0. The molecule has 0 aromatic carbocycles. The highest BCUT2D eigenvalue weighted by atomic mass is 31.2. The normalized spacial score (nSPS) is 14.5. The minimum absolute atomic E-state index is 0.0325. The Morgan fingerprint density at radius 2 is 0.529 bits per heavy atom. The van der Waals surface area contributed by atoms with E-state index in [4.69, 9.17) is 37.0 Å². The number of phosphoric ester groups is 2.